The van der Waals surface area contributed by atoms with Crippen LogP contribution in [-0.2, 0) is 11.3 Å². The molecule has 1 heterocycles. The number of halogens is 1. The van der Waals surface area contributed by atoms with E-state index in [1.54, 1.807) is 11.3 Å². The van der Waals surface area contributed by atoms with E-state index in [4.69, 9.17) is 0 Å². The Morgan fingerprint density at radius 3 is 2.38 bits per heavy atom. The predicted molar refractivity (Wildman–Crippen MR) is 102 cm³/mol. The third kappa shape index (κ3) is 3.58. The van der Waals surface area contributed by atoms with E-state index in [1.807, 2.05) is 0 Å². The van der Waals surface area contributed by atoms with Crippen molar-refractivity contribution in [2.75, 3.05) is 13.1 Å². The Morgan fingerprint density at radius 2 is 1.88 bits per heavy atom. The molecule has 0 saturated heterocycles. The monoisotopic (exact) mass is 410 g/mol. The zero-order valence-corrected chi connectivity index (χ0v) is 16.8. The summed E-state index contributed by atoms with van der Waals surface area (Å²) in [4.78, 5) is 16.3. The van der Waals surface area contributed by atoms with E-state index < -0.39 is 0 Å². The molecule has 3 nitrogen and oxygen atoms in total. The summed E-state index contributed by atoms with van der Waals surface area (Å²) < 4.78 is 1.16. The van der Waals surface area contributed by atoms with Crippen molar-refractivity contribution in [3.05, 3.63) is 20.8 Å². The second-order valence-corrected chi connectivity index (χ2v) is 10.8. The van der Waals surface area contributed by atoms with Gasteiger partial charge in [0.1, 0.15) is 0 Å². The maximum absolute atomic E-state index is 12.7. The van der Waals surface area contributed by atoms with Crippen molar-refractivity contribution < 1.29 is 4.79 Å². The number of rotatable bonds is 6. The van der Waals surface area contributed by atoms with Gasteiger partial charge in [0, 0.05) is 17.0 Å². The lowest BCUT2D eigenvalue weighted by molar-refractivity contribution is -0.128. The second kappa shape index (κ2) is 6.73. The standard InChI is InChI=1S/C19H27BrN2OS/c1-2-22(11-16-3-4-17(20)24-16)12-18(23)21-19-8-13-5-14(9-19)7-15(6-13)10-19/h3-4,13-15H,2,5-12H2,1H3,(H,21,23). The maximum Gasteiger partial charge on any atom is 0.234 e. The molecular weight excluding hydrogens is 384 g/mol. The summed E-state index contributed by atoms with van der Waals surface area (Å²) in [6, 6.07) is 4.23. The van der Waals surface area contributed by atoms with Crippen LogP contribution in [0.2, 0.25) is 0 Å². The largest absolute Gasteiger partial charge is 0.350 e. The molecule has 0 aliphatic heterocycles. The van der Waals surface area contributed by atoms with Crippen molar-refractivity contribution in [2.45, 2.75) is 57.5 Å². The van der Waals surface area contributed by atoms with Gasteiger partial charge in [-0.25, -0.2) is 0 Å². The lowest BCUT2D eigenvalue weighted by Gasteiger charge is -2.57. The minimum Gasteiger partial charge on any atom is -0.350 e. The van der Waals surface area contributed by atoms with Gasteiger partial charge in [0.2, 0.25) is 5.91 Å². The first kappa shape index (κ1) is 17.0. The summed E-state index contributed by atoms with van der Waals surface area (Å²) in [7, 11) is 0. The zero-order valence-electron chi connectivity index (χ0n) is 14.4. The highest BCUT2D eigenvalue weighted by atomic mass is 79.9. The summed E-state index contributed by atoms with van der Waals surface area (Å²) in [6.45, 7) is 4.43. The van der Waals surface area contributed by atoms with E-state index in [0.717, 1.165) is 34.6 Å². The third-order valence-corrected chi connectivity index (χ3v) is 7.87. The van der Waals surface area contributed by atoms with E-state index >= 15 is 0 Å². The number of hydrogen-bond acceptors (Lipinski definition) is 3. The van der Waals surface area contributed by atoms with E-state index in [1.165, 1.54) is 43.4 Å². The van der Waals surface area contributed by atoms with Gasteiger partial charge in [-0.3, -0.25) is 9.69 Å². The number of carbonyl (C=O) groups is 1. The van der Waals surface area contributed by atoms with Crippen molar-refractivity contribution >= 4 is 33.2 Å². The number of nitrogens with zero attached hydrogens (tertiary/aromatic N) is 1. The number of carbonyl (C=O) groups excluding carboxylic acids is 1. The average Bonchev–Trinajstić information content (AvgIpc) is 2.89. The smallest absolute Gasteiger partial charge is 0.234 e. The fourth-order valence-electron chi connectivity index (χ4n) is 5.74. The molecule has 4 fully saturated rings. The minimum absolute atomic E-state index is 0.136. The number of thiophene rings is 1. The summed E-state index contributed by atoms with van der Waals surface area (Å²) in [6.07, 6.45) is 7.95. The van der Waals surface area contributed by atoms with Crippen molar-refractivity contribution in [3.63, 3.8) is 0 Å². The first-order valence-corrected chi connectivity index (χ1v) is 10.9. The number of amides is 1. The van der Waals surface area contributed by atoms with E-state index in [0.29, 0.717) is 6.54 Å². The molecule has 0 aromatic carbocycles. The van der Waals surface area contributed by atoms with Crippen molar-refractivity contribution in [1.29, 1.82) is 0 Å². The Kier molecular flexibility index (Phi) is 4.78. The Balaban J connectivity index is 1.35. The van der Waals surface area contributed by atoms with Gasteiger partial charge in [0.15, 0.2) is 0 Å². The van der Waals surface area contributed by atoms with Gasteiger partial charge >= 0.3 is 0 Å². The molecule has 0 radical (unpaired) electrons. The van der Waals surface area contributed by atoms with Gasteiger partial charge in [0.25, 0.3) is 0 Å². The molecule has 24 heavy (non-hydrogen) atoms. The number of nitrogens with one attached hydrogen (secondary N) is 1. The van der Waals surface area contributed by atoms with Gasteiger partial charge in [-0.1, -0.05) is 6.92 Å². The highest BCUT2D eigenvalue weighted by Crippen LogP contribution is 2.55. The zero-order chi connectivity index (χ0) is 16.7. The van der Waals surface area contributed by atoms with Crippen LogP contribution in [0.4, 0.5) is 0 Å². The second-order valence-electron chi connectivity index (χ2n) is 8.26. The van der Waals surface area contributed by atoms with Crippen LogP contribution in [0.3, 0.4) is 0 Å². The van der Waals surface area contributed by atoms with Crippen molar-refractivity contribution in [3.8, 4) is 0 Å². The normalized spacial score (nSPS) is 34.0. The Labute approximate surface area is 157 Å². The van der Waals surface area contributed by atoms with Crippen LogP contribution in [0.1, 0.15) is 50.3 Å². The molecule has 4 aliphatic rings. The third-order valence-electron chi connectivity index (χ3n) is 6.27. The van der Waals surface area contributed by atoms with E-state index in [-0.39, 0.29) is 11.4 Å². The predicted octanol–water partition coefficient (Wildman–Crippen LogP) is 4.42. The van der Waals surface area contributed by atoms with Crippen LogP contribution in [0.25, 0.3) is 0 Å². The molecule has 4 bridgehead atoms. The Hall–Kier alpha value is -0.390. The molecule has 1 aromatic heterocycles. The van der Waals surface area contributed by atoms with Gasteiger partial charge in [-0.05, 0) is 90.9 Å². The Morgan fingerprint density at radius 1 is 1.25 bits per heavy atom. The highest BCUT2D eigenvalue weighted by molar-refractivity contribution is 9.11. The molecule has 1 aromatic rings. The van der Waals surface area contributed by atoms with Crippen molar-refractivity contribution in [1.82, 2.24) is 10.2 Å². The van der Waals surface area contributed by atoms with Gasteiger partial charge in [-0.2, -0.15) is 0 Å². The lowest BCUT2D eigenvalue weighted by atomic mass is 9.53. The molecule has 4 aliphatic carbocycles. The van der Waals surface area contributed by atoms with Crippen LogP contribution in [-0.4, -0.2) is 29.4 Å². The summed E-state index contributed by atoms with van der Waals surface area (Å²) in [5, 5.41) is 3.49. The van der Waals surface area contributed by atoms with Crippen molar-refractivity contribution in [2.24, 2.45) is 17.8 Å². The Bertz CT molecular complexity index is 579. The summed E-state index contributed by atoms with van der Waals surface area (Å²) in [5.74, 6) is 2.86. The van der Waals surface area contributed by atoms with Crippen LogP contribution >= 0.6 is 27.3 Å². The fourth-order valence-corrected chi connectivity index (χ4v) is 7.26. The fraction of sp³-hybridized carbons (Fsp3) is 0.737. The molecule has 4 saturated carbocycles. The minimum atomic E-state index is 0.136. The van der Waals surface area contributed by atoms with Crippen LogP contribution in [0.5, 0.6) is 0 Å². The first-order chi connectivity index (χ1) is 11.5. The molecule has 1 amide bonds. The van der Waals surface area contributed by atoms with Gasteiger partial charge < -0.3 is 5.32 Å². The molecular formula is C19H27BrN2OS. The van der Waals surface area contributed by atoms with Gasteiger partial charge in [0.05, 0.1) is 10.3 Å². The first-order valence-electron chi connectivity index (χ1n) is 9.31. The lowest BCUT2D eigenvalue weighted by Crippen LogP contribution is -2.60. The molecule has 5 heteroatoms. The average molecular weight is 411 g/mol. The number of likely N-dealkylation sites (N-methyl/N-ethyl adjacent to an activating group) is 1. The highest BCUT2D eigenvalue weighted by Gasteiger charge is 2.51. The molecule has 0 spiro atoms. The molecule has 1 N–H and O–H groups in total. The van der Waals surface area contributed by atoms with Gasteiger partial charge in [-0.15, -0.1) is 11.3 Å². The van der Waals surface area contributed by atoms with E-state index in [2.05, 4.69) is 45.2 Å². The topological polar surface area (TPSA) is 32.3 Å². The molecule has 5 rings (SSSR count). The summed E-state index contributed by atoms with van der Waals surface area (Å²) in [5.41, 5.74) is 0.136. The molecule has 0 atom stereocenters. The summed E-state index contributed by atoms with van der Waals surface area (Å²) >= 11 is 5.28. The quantitative estimate of drug-likeness (QED) is 0.752. The van der Waals surface area contributed by atoms with Crippen LogP contribution < -0.4 is 5.32 Å². The molecule has 132 valence electrons. The SMILES string of the molecule is CCN(CC(=O)NC12CC3CC(CC(C3)C1)C2)Cc1ccc(Br)s1. The van der Waals surface area contributed by atoms with E-state index in [9.17, 15) is 4.79 Å². The maximum atomic E-state index is 12.7. The van der Waals surface area contributed by atoms with Crippen LogP contribution in [0, 0.1) is 17.8 Å². The van der Waals surface area contributed by atoms with Crippen LogP contribution in [0.15, 0.2) is 15.9 Å². The number of hydrogen-bond donors (Lipinski definition) is 1. The molecule has 0 unspecified atom stereocenters.